The van der Waals surface area contributed by atoms with Crippen LogP contribution in [0.25, 0.3) is 0 Å². The van der Waals surface area contributed by atoms with Crippen LogP contribution in [0.1, 0.15) is 30.6 Å². The molecule has 5 nitrogen and oxygen atoms in total. The summed E-state index contributed by atoms with van der Waals surface area (Å²) >= 11 is 1.45. The van der Waals surface area contributed by atoms with Gasteiger partial charge in [0.15, 0.2) is 0 Å². The van der Waals surface area contributed by atoms with E-state index in [0.29, 0.717) is 5.56 Å². The van der Waals surface area contributed by atoms with Crippen molar-refractivity contribution in [2.24, 2.45) is 5.92 Å². The Morgan fingerprint density at radius 3 is 2.68 bits per heavy atom. The fraction of sp³-hybridized carbons (Fsp3) is 0.538. The lowest BCUT2D eigenvalue weighted by atomic mass is 10.1. The minimum Gasteiger partial charge on any atom is -0.391 e. The topological polar surface area (TPSA) is 78.4 Å². The van der Waals surface area contributed by atoms with Crippen LogP contribution in [0.3, 0.4) is 0 Å². The van der Waals surface area contributed by atoms with E-state index in [1.54, 1.807) is 11.4 Å². The Balaban J connectivity index is 2.15. The van der Waals surface area contributed by atoms with Gasteiger partial charge in [-0.1, -0.05) is 13.8 Å². The van der Waals surface area contributed by atoms with Crippen molar-refractivity contribution in [1.82, 2.24) is 10.6 Å². The SMILES string of the molecule is CC(C)C(O)CNC(=O)CCNC(=O)c1ccsc1. The van der Waals surface area contributed by atoms with E-state index in [2.05, 4.69) is 10.6 Å². The van der Waals surface area contributed by atoms with Crippen LogP contribution in [0.4, 0.5) is 0 Å². The first-order chi connectivity index (χ1) is 9.00. The molecule has 0 spiro atoms. The molecule has 1 unspecified atom stereocenters. The quantitative estimate of drug-likeness (QED) is 0.699. The van der Waals surface area contributed by atoms with Crippen LogP contribution in [0.15, 0.2) is 16.8 Å². The molecule has 0 saturated carbocycles. The lowest BCUT2D eigenvalue weighted by Crippen LogP contribution is -2.36. The smallest absolute Gasteiger partial charge is 0.252 e. The average Bonchev–Trinajstić information content (AvgIpc) is 2.89. The second-order valence-electron chi connectivity index (χ2n) is 4.63. The number of nitrogens with one attached hydrogen (secondary N) is 2. The third-order valence-electron chi connectivity index (χ3n) is 2.70. The average molecular weight is 284 g/mol. The predicted molar refractivity (Wildman–Crippen MR) is 75.1 cm³/mol. The summed E-state index contributed by atoms with van der Waals surface area (Å²) in [6, 6.07) is 1.74. The van der Waals surface area contributed by atoms with Crippen molar-refractivity contribution in [3.8, 4) is 0 Å². The van der Waals surface area contributed by atoms with E-state index < -0.39 is 6.10 Å². The van der Waals surface area contributed by atoms with Crippen molar-refractivity contribution in [3.63, 3.8) is 0 Å². The van der Waals surface area contributed by atoms with E-state index in [1.165, 1.54) is 11.3 Å². The largest absolute Gasteiger partial charge is 0.391 e. The number of hydrogen-bond donors (Lipinski definition) is 3. The zero-order valence-corrected chi connectivity index (χ0v) is 12.0. The van der Waals surface area contributed by atoms with Crippen molar-refractivity contribution >= 4 is 23.2 Å². The van der Waals surface area contributed by atoms with Crippen LogP contribution in [0.2, 0.25) is 0 Å². The van der Waals surface area contributed by atoms with E-state index in [-0.39, 0.29) is 37.2 Å². The first kappa shape index (κ1) is 15.7. The number of carbonyl (C=O) groups excluding carboxylic acids is 2. The molecule has 0 bridgehead atoms. The lowest BCUT2D eigenvalue weighted by molar-refractivity contribution is -0.121. The van der Waals surface area contributed by atoms with Gasteiger partial charge < -0.3 is 15.7 Å². The highest BCUT2D eigenvalue weighted by Gasteiger charge is 2.11. The van der Waals surface area contributed by atoms with E-state index in [0.717, 1.165) is 0 Å². The minimum absolute atomic E-state index is 0.110. The summed E-state index contributed by atoms with van der Waals surface area (Å²) in [6.07, 6.45) is -0.329. The van der Waals surface area contributed by atoms with Gasteiger partial charge in [-0.15, -0.1) is 0 Å². The number of carbonyl (C=O) groups is 2. The van der Waals surface area contributed by atoms with E-state index >= 15 is 0 Å². The number of aliphatic hydroxyl groups is 1. The van der Waals surface area contributed by atoms with Gasteiger partial charge in [0.1, 0.15) is 0 Å². The Bertz CT molecular complexity index is 404. The van der Waals surface area contributed by atoms with Gasteiger partial charge in [0, 0.05) is 30.5 Å². The first-order valence-electron chi connectivity index (χ1n) is 6.26. The Hall–Kier alpha value is -1.40. The number of thiophene rings is 1. The van der Waals surface area contributed by atoms with Gasteiger partial charge in [-0.05, 0) is 17.4 Å². The Labute approximate surface area is 117 Å². The molecule has 0 aliphatic heterocycles. The summed E-state index contributed by atoms with van der Waals surface area (Å²) in [5, 5.41) is 18.4. The lowest BCUT2D eigenvalue weighted by Gasteiger charge is -2.15. The summed E-state index contributed by atoms with van der Waals surface area (Å²) in [5.74, 6) is -0.236. The van der Waals surface area contributed by atoms with Gasteiger partial charge in [0.25, 0.3) is 5.91 Å². The maximum atomic E-state index is 11.6. The summed E-state index contributed by atoms with van der Waals surface area (Å²) in [5.41, 5.74) is 0.612. The molecule has 0 aliphatic rings. The Morgan fingerprint density at radius 1 is 1.37 bits per heavy atom. The molecule has 2 amide bonds. The van der Waals surface area contributed by atoms with Crippen molar-refractivity contribution in [2.75, 3.05) is 13.1 Å². The fourth-order valence-corrected chi connectivity index (χ4v) is 1.96. The normalized spacial score (nSPS) is 12.2. The summed E-state index contributed by atoms with van der Waals surface area (Å²) in [4.78, 5) is 23.0. The molecule has 0 radical (unpaired) electrons. The van der Waals surface area contributed by atoms with Gasteiger partial charge in [0.05, 0.1) is 6.10 Å². The standard InChI is InChI=1S/C13H20N2O3S/c1-9(2)11(16)7-15-12(17)3-5-14-13(18)10-4-6-19-8-10/h4,6,8-9,11,16H,3,5,7H2,1-2H3,(H,14,18)(H,15,17). The molecular weight excluding hydrogens is 264 g/mol. The maximum absolute atomic E-state index is 11.6. The monoisotopic (exact) mass is 284 g/mol. The highest BCUT2D eigenvalue weighted by Crippen LogP contribution is 2.05. The van der Waals surface area contributed by atoms with Crippen molar-refractivity contribution in [3.05, 3.63) is 22.4 Å². The Morgan fingerprint density at radius 2 is 2.11 bits per heavy atom. The zero-order chi connectivity index (χ0) is 14.3. The molecule has 1 atom stereocenters. The molecule has 0 fully saturated rings. The molecule has 1 heterocycles. The molecule has 19 heavy (non-hydrogen) atoms. The zero-order valence-electron chi connectivity index (χ0n) is 11.2. The number of aliphatic hydroxyl groups excluding tert-OH is 1. The fourth-order valence-electron chi connectivity index (χ4n) is 1.33. The van der Waals surface area contributed by atoms with Crippen LogP contribution in [-0.2, 0) is 4.79 Å². The van der Waals surface area contributed by atoms with Crippen molar-refractivity contribution < 1.29 is 14.7 Å². The third kappa shape index (κ3) is 5.85. The van der Waals surface area contributed by atoms with Gasteiger partial charge in [-0.25, -0.2) is 0 Å². The van der Waals surface area contributed by atoms with Gasteiger partial charge in [-0.2, -0.15) is 11.3 Å². The summed E-state index contributed by atoms with van der Waals surface area (Å²) < 4.78 is 0. The molecule has 1 rings (SSSR count). The highest BCUT2D eigenvalue weighted by atomic mass is 32.1. The van der Waals surface area contributed by atoms with E-state index in [4.69, 9.17) is 0 Å². The van der Waals surface area contributed by atoms with E-state index in [1.807, 2.05) is 19.2 Å². The molecule has 1 aromatic heterocycles. The highest BCUT2D eigenvalue weighted by molar-refractivity contribution is 7.08. The van der Waals surface area contributed by atoms with Crippen molar-refractivity contribution in [1.29, 1.82) is 0 Å². The first-order valence-corrected chi connectivity index (χ1v) is 7.20. The number of amides is 2. The Kier molecular flexibility index (Phi) is 6.52. The van der Waals surface area contributed by atoms with Gasteiger partial charge >= 0.3 is 0 Å². The second kappa shape index (κ2) is 7.91. The van der Waals surface area contributed by atoms with E-state index in [9.17, 15) is 14.7 Å². The molecule has 106 valence electrons. The van der Waals surface area contributed by atoms with Crippen molar-refractivity contribution in [2.45, 2.75) is 26.4 Å². The molecule has 0 aliphatic carbocycles. The van der Waals surface area contributed by atoms with Crippen LogP contribution in [0, 0.1) is 5.92 Å². The third-order valence-corrected chi connectivity index (χ3v) is 3.38. The molecule has 1 aromatic rings. The molecular formula is C13H20N2O3S. The molecule has 6 heteroatoms. The van der Waals surface area contributed by atoms with Gasteiger partial charge in [-0.3, -0.25) is 9.59 Å². The summed E-state index contributed by atoms with van der Waals surface area (Å²) in [6.45, 7) is 4.31. The number of rotatable bonds is 7. The number of hydrogen-bond acceptors (Lipinski definition) is 4. The maximum Gasteiger partial charge on any atom is 0.252 e. The molecule has 3 N–H and O–H groups in total. The predicted octanol–water partition coefficient (Wildman–Crippen LogP) is 1.00. The minimum atomic E-state index is -0.538. The molecule has 0 saturated heterocycles. The van der Waals surface area contributed by atoms with Crippen LogP contribution >= 0.6 is 11.3 Å². The van der Waals surface area contributed by atoms with Crippen LogP contribution < -0.4 is 10.6 Å². The van der Waals surface area contributed by atoms with Crippen LogP contribution in [-0.4, -0.2) is 36.1 Å². The van der Waals surface area contributed by atoms with Crippen LogP contribution in [0.5, 0.6) is 0 Å². The molecule has 0 aromatic carbocycles. The summed E-state index contributed by atoms with van der Waals surface area (Å²) in [7, 11) is 0. The second-order valence-corrected chi connectivity index (χ2v) is 5.41. The van der Waals surface area contributed by atoms with Gasteiger partial charge in [0.2, 0.25) is 5.91 Å².